The van der Waals surface area contributed by atoms with E-state index in [-0.39, 0.29) is 18.0 Å². The fourth-order valence-electron chi connectivity index (χ4n) is 4.74. The van der Waals surface area contributed by atoms with Crippen LogP contribution in [0.3, 0.4) is 0 Å². The number of amides is 1. The summed E-state index contributed by atoms with van der Waals surface area (Å²) in [5.74, 6) is 0.994. The second kappa shape index (κ2) is 10.6. The molecule has 8 nitrogen and oxygen atoms in total. The number of fused-ring (bicyclic) bond motifs is 1. The normalized spacial score (nSPS) is 17.7. The number of thiocarbonyl (C=S) groups is 1. The molecule has 0 aliphatic carbocycles. The predicted octanol–water partition coefficient (Wildman–Crippen LogP) is 4.01. The van der Waals surface area contributed by atoms with E-state index < -0.39 is 0 Å². The Labute approximate surface area is 229 Å². The number of carbonyl (C=O) groups excluding carboxylic acids is 1. The Hall–Kier alpha value is -3.73. The minimum atomic E-state index is -0.243. The maximum Gasteiger partial charge on any atom is 0.267 e. The number of piperazine rings is 1. The summed E-state index contributed by atoms with van der Waals surface area (Å²) in [4.78, 5) is 38.3. The highest BCUT2D eigenvalue weighted by Crippen LogP contribution is 2.34. The Morgan fingerprint density at radius 1 is 0.947 bits per heavy atom. The quantitative estimate of drug-likeness (QED) is 0.267. The molecule has 38 heavy (non-hydrogen) atoms. The number of aromatic nitrogens is 2. The molecule has 192 valence electrons. The molecule has 0 saturated carbocycles. The molecule has 2 aliphatic heterocycles. The number of pyridine rings is 1. The van der Waals surface area contributed by atoms with Gasteiger partial charge >= 0.3 is 0 Å². The first-order chi connectivity index (χ1) is 18.6. The first-order valence-corrected chi connectivity index (χ1v) is 13.6. The highest BCUT2D eigenvalue weighted by molar-refractivity contribution is 8.26. The van der Waals surface area contributed by atoms with Crippen LogP contribution in [0.4, 0.5) is 5.82 Å². The maximum absolute atomic E-state index is 13.7. The molecule has 6 rings (SSSR count). The van der Waals surface area contributed by atoms with Crippen LogP contribution in [-0.2, 0) is 17.9 Å². The van der Waals surface area contributed by atoms with Crippen molar-refractivity contribution in [1.82, 2.24) is 19.2 Å². The summed E-state index contributed by atoms with van der Waals surface area (Å²) in [5, 5.41) is 0. The largest absolute Gasteiger partial charge is 0.467 e. The van der Waals surface area contributed by atoms with E-state index >= 15 is 0 Å². The summed E-state index contributed by atoms with van der Waals surface area (Å²) >= 11 is 6.68. The fraction of sp³-hybridized carbons (Fsp3) is 0.214. The van der Waals surface area contributed by atoms with Crippen molar-refractivity contribution in [2.75, 3.05) is 31.1 Å². The Balaban J connectivity index is 1.30. The number of hydrogen-bond acceptors (Lipinski definition) is 8. The second-order valence-corrected chi connectivity index (χ2v) is 10.9. The zero-order valence-electron chi connectivity index (χ0n) is 20.5. The van der Waals surface area contributed by atoms with Crippen molar-refractivity contribution in [3.8, 4) is 0 Å². The van der Waals surface area contributed by atoms with Gasteiger partial charge in [-0.05, 0) is 35.9 Å². The highest BCUT2D eigenvalue weighted by Gasteiger charge is 2.33. The van der Waals surface area contributed by atoms with E-state index in [4.69, 9.17) is 21.6 Å². The number of hydrogen-bond donors (Lipinski definition) is 0. The Kier molecular flexibility index (Phi) is 6.84. The van der Waals surface area contributed by atoms with Crippen molar-refractivity contribution in [2.45, 2.75) is 13.1 Å². The lowest BCUT2D eigenvalue weighted by Gasteiger charge is -2.36. The molecule has 10 heteroatoms. The van der Waals surface area contributed by atoms with Crippen LogP contribution >= 0.6 is 24.0 Å². The van der Waals surface area contributed by atoms with Gasteiger partial charge in [-0.1, -0.05) is 60.4 Å². The van der Waals surface area contributed by atoms with Gasteiger partial charge in [0.05, 0.1) is 23.3 Å². The first-order valence-electron chi connectivity index (χ1n) is 12.4. The van der Waals surface area contributed by atoms with Gasteiger partial charge in [-0.2, -0.15) is 0 Å². The van der Waals surface area contributed by atoms with Crippen molar-refractivity contribution in [2.24, 2.45) is 0 Å². The molecule has 0 unspecified atom stereocenters. The van der Waals surface area contributed by atoms with Crippen LogP contribution in [0.15, 0.2) is 87.2 Å². The van der Waals surface area contributed by atoms with Gasteiger partial charge in [0.1, 0.15) is 21.5 Å². The lowest BCUT2D eigenvalue weighted by Crippen LogP contribution is -2.47. The van der Waals surface area contributed by atoms with Crippen molar-refractivity contribution < 1.29 is 9.21 Å². The average molecular weight is 544 g/mol. The minimum absolute atomic E-state index is 0.214. The van der Waals surface area contributed by atoms with E-state index in [1.807, 2.05) is 18.2 Å². The van der Waals surface area contributed by atoms with Crippen LogP contribution in [0.2, 0.25) is 0 Å². The number of benzene rings is 1. The molecule has 0 atom stereocenters. The van der Waals surface area contributed by atoms with Crippen LogP contribution in [0.25, 0.3) is 11.7 Å². The molecule has 0 N–H and O–H groups in total. The number of rotatable bonds is 6. The van der Waals surface area contributed by atoms with E-state index in [0.717, 1.165) is 32.7 Å². The molecule has 0 radical (unpaired) electrons. The number of anilines is 1. The molecule has 2 fully saturated rings. The summed E-state index contributed by atoms with van der Waals surface area (Å²) in [6.45, 7) is 4.27. The monoisotopic (exact) mass is 543 g/mol. The summed E-state index contributed by atoms with van der Waals surface area (Å²) in [6.07, 6.45) is 4.92. The zero-order valence-corrected chi connectivity index (χ0v) is 22.2. The van der Waals surface area contributed by atoms with Gasteiger partial charge in [0, 0.05) is 38.9 Å². The first kappa shape index (κ1) is 24.6. The zero-order chi connectivity index (χ0) is 26.1. The number of nitrogens with zero attached hydrogens (tertiary/aromatic N) is 5. The maximum atomic E-state index is 13.7. The van der Waals surface area contributed by atoms with Gasteiger partial charge in [-0.25, -0.2) is 4.98 Å². The topological polar surface area (TPSA) is 74.3 Å². The van der Waals surface area contributed by atoms with E-state index in [1.54, 1.807) is 36.7 Å². The molecule has 0 spiro atoms. The van der Waals surface area contributed by atoms with Crippen molar-refractivity contribution in [1.29, 1.82) is 0 Å². The van der Waals surface area contributed by atoms with Crippen molar-refractivity contribution >= 4 is 51.7 Å². The van der Waals surface area contributed by atoms with Gasteiger partial charge in [-0.15, -0.1) is 0 Å². The molecule has 3 aromatic heterocycles. The summed E-state index contributed by atoms with van der Waals surface area (Å²) in [6, 6.07) is 19.5. The van der Waals surface area contributed by atoms with Crippen molar-refractivity contribution in [3.63, 3.8) is 0 Å². The van der Waals surface area contributed by atoms with Gasteiger partial charge in [0.25, 0.3) is 11.5 Å². The van der Waals surface area contributed by atoms with E-state index in [0.29, 0.717) is 32.0 Å². The molecule has 5 heterocycles. The van der Waals surface area contributed by atoms with E-state index in [2.05, 4.69) is 34.1 Å². The molecule has 1 amide bonds. The Bertz CT molecular complexity index is 1580. The van der Waals surface area contributed by atoms with Gasteiger partial charge < -0.3 is 9.32 Å². The molecule has 2 saturated heterocycles. The molecular weight excluding hydrogens is 518 g/mol. The van der Waals surface area contributed by atoms with Gasteiger partial charge in [-0.3, -0.25) is 23.8 Å². The van der Waals surface area contributed by atoms with Crippen LogP contribution in [-0.4, -0.2) is 55.6 Å². The van der Waals surface area contributed by atoms with Gasteiger partial charge in [0.15, 0.2) is 0 Å². The average Bonchev–Trinajstić information content (AvgIpc) is 3.55. The third-order valence-electron chi connectivity index (χ3n) is 6.71. The van der Waals surface area contributed by atoms with Crippen LogP contribution in [0.1, 0.15) is 16.9 Å². The fourth-order valence-corrected chi connectivity index (χ4v) is 5.98. The van der Waals surface area contributed by atoms with Gasteiger partial charge in [0.2, 0.25) is 0 Å². The lowest BCUT2D eigenvalue weighted by molar-refractivity contribution is -0.122. The SMILES string of the molecule is O=C1C(=Cc2c(N3CCN(Cc4ccccc4)CC3)nc3ccccn3c2=O)SC(=S)N1Cc1ccco1. The van der Waals surface area contributed by atoms with Crippen LogP contribution < -0.4 is 10.5 Å². The molecular formula is C28H25N5O3S2. The lowest BCUT2D eigenvalue weighted by atomic mass is 10.2. The smallest absolute Gasteiger partial charge is 0.267 e. The standard InChI is InChI=1S/C28H25N5O3S2/c34-26-22(17-23-27(35)33(28(37)38-23)19-21-9-6-16-36-21)25(29-24-10-4-5-11-32(24)26)31-14-12-30(13-15-31)18-20-7-2-1-3-8-20/h1-11,16-17H,12-15,18-19H2. The summed E-state index contributed by atoms with van der Waals surface area (Å²) in [7, 11) is 0. The van der Waals surface area contributed by atoms with E-state index in [9.17, 15) is 9.59 Å². The molecule has 2 aliphatic rings. The molecule has 4 aromatic rings. The second-order valence-electron chi connectivity index (χ2n) is 9.18. The number of carbonyl (C=O) groups is 1. The van der Waals surface area contributed by atoms with Crippen molar-refractivity contribution in [3.05, 3.63) is 105 Å². The molecule has 1 aromatic carbocycles. The number of furan rings is 1. The predicted molar refractivity (Wildman–Crippen MR) is 153 cm³/mol. The minimum Gasteiger partial charge on any atom is -0.467 e. The van der Waals surface area contributed by atoms with Crippen LogP contribution in [0.5, 0.6) is 0 Å². The molecule has 0 bridgehead atoms. The third kappa shape index (κ3) is 4.90. The summed E-state index contributed by atoms with van der Waals surface area (Å²) in [5.41, 5.74) is 2.03. The Morgan fingerprint density at radius 3 is 2.50 bits per heavy atom. The van der Waals surface area contributed by atoms with Crippen LogP contribution in [0, 0.1) is 0 Å². The number of thioether (sulfide) groups is 1. The Morgan fingerprint density at radius 2 is 1.74 bits per heavy atom. The summed E-state index contributed by atoms with van der Waals surface area (Å²) < 4.78 is 7.35. The highest BCUT2D eigenvalue weighted by atomic mass is 32.2. The van der Waals surface area contributed by atoms with E-state index in [1.165, 1.54) is 26.6 Å². The third-order valence-corrected chi connectivity index (χ3v) is 8.09.